The molecule has 0 atom stereocenters. The first-order valence-electron chi connectivity index (χ1n) is 16.1. The number of hydrogen-bond donors (Lipinski definition) is 1. The molecule has 0 aliphatic heterocycles. The molecule has 0 heterocycles. The van der Waals surface area contributed by atoms with Gasteiger partial charge in [0.25, 0.3) is 0 Å². The molecule has 0 bridgehead atoms. The van der Waals surface area contributed by atoms with Gasteiger partial charge in [-0.05, 0) is 80.6 Å². The lowest BCUT2D eigenvalue weighted by molar-refractivity contribution is 0.0220. The fraction of sp³-hybridized carbons (Fsp3) is 0.571. The van der Waals surface area contributed by atoms with Crippen LogP contribution in [0.25, 0.3) is 0 Å². The normalized spacial score (nSPS) is 10.0. The van der Waals surface area contributed by atoms with Crippen molar-refractivity contribution in [2.45, 2.75) is 93.6 Å². The van der Waals surface area contributed by atoms with Crippen molar-refractivity contribution in [1.82, 2.24) is 0 Å². The summed E-state index contributed by atoms with van der Waals surface area (Å²) < 4.78 is 17.8. The lowest BCUT2D eigenvalue weighted by Gasteiger charge is -2.27. The van der Waals surface area contributed by atoms with E-state index in [1.807, 2.05) is 13.0 Å². The van der Waals surface area contributed by atoms with Gasteiger partial charge in [-0.25, -0.2) is 14.4 Å². The molecular formula is C35H56I2N2O8. The maximum Gasteiger partial charge on any atom is 0.439 e. The van der Waals surface area contributed by atoms with E-state index in [4.69, 9.17) is 23.9 Å². The summed E-state index contributed by atoms with van der Waals surface area (Å²) in [6.07, 6.45) is 3.08. The molecule has 0 aliphatic rings. The highest BCUT2D eigenvalue weighted by Gasteiger charge is 2.28. The third-order valence-electron chi connectivity index (χ3n) is 5.10. The second-order valence-corrected chi connectivity index (χ2v) is 13.4. The molecule has 1 amide bonds. The highest BCUT2D eigenvalue weighted by molar-refractivity contribution is 14.1. The van der Waals surface area contributed by atoms with Crippen molar-refractivity contribution < 1.29 is 38.3 Å². The summed E-state index contributed by atoms with van der Waals surface area (Å²) in [7, 11) is 0. The van der Waals surface area contributed by atoms with Gasteiger partial charge in [0, 0.05) is 0 Å². The van der Waals surface area contributed by atoms with Gasteiger partial charge in [0.2, 0.25) is 0 Å². The number of halogens is 2. The van der Waals surface area contributed by atoms with E-state index in [1.165, 1.54) is 8.86 Å². The van der Waals surface area contributed by atoms with Crippen molar-refractivity contribution in [3.05, 3.63) is 59.7 Å². The van der Waals surface area contributed by atoms with Gasteiger partial charge in [-0.2, -0.15) is 5.06 Å². The van der Waals surface area contributed by atoms with E-state index in [-0.39, 0.29) is 18.1 Å². The molecule has 268 valence electrons. The first-order chi connectivity index (χ1) is 22.4. The van der Waals surface area contributed by atoms with Crippen LogP contribution in [-0.2, 0) is 23.9 Å². The number of nitrogens with zero attached hydrogens (tertiary/aromatic N) is 1. The number of anilines is 2. The SMILES string of the molecule is CCCCON(C(=O)OC(C)(C)C)c1ccccc1C(=O)OCC.CCCCONc1ccccc1C(=O)OCC.CCI.CCI. The molecule has 12 heteroatoms. The summed E-state index contributed by atoms with van der Waals surface area (Å²) in [6.45, 7) is 18.7. The van der Waals surface area contributed by atoms with E-state index < -0.39 is 17.7 Å². The molecule has 2 rings (SSSR count). The molecule has 0 aliphatic carbocycles. The van der Waals surface area contributed by atoms with E-state index in [0.717, 1.165) is 30.7 Å². The van der Waals surface area contributed by atoms with Gasteiger partial charge in [-0.1, -0.05) is 110 Å². The summed E-state index contributed by atoms with van der Waals surface area (Å²) in [5.41, 5.74) is 3.80. The molecule has 0 spiro atoms. The standard InChI is InChI=1S/C18H27NO5.C13H19NO3.2C2H5I/c1-6-8-13-23-19(17(21)24-18(3,4)5)15-12-10-9-11-14(15)16(20)22-7-2;1-3-5-10-17-14-12-9-7-6-8-11(12)13(15)16-4-2;2*1-2-3/h9-12H,6-8,13H2,1-5H3;6-9,14H,3-5,10H2,1-2H3;2*2H2,1H3. The molecule has 47 heavy (non-hydrogen) atoms. The lowest BCUT2D eigenvalue weighted by atomic mass is 10.1. The van der Waals surface area contributed by atoms with E-state index >= 15 is 0 Å². The number of para-hydroxylation sites is 2. The Morgan fingerprint density at radius 2 is 1.19 bits per heavy atom. The minimum Gasteiger partial charge on any atom is -0.462 e. The van der Waals surface area contributed by atoms with Gasteiger partial charge < -0.3 is 14.2 Å². The zero-order valence-electron chi connectivity index (χ0n) is 29.7. The lowest BCUT2D eigenvalue weighted by Crippen LogP contribution is -2.38. The first kappa shape index (κ1) is 46.9. The zero-order chi connectivity index (χ0) is 36.1. The Hall–Kier alpha value is -2.17. The number of hydrogen-bond acceptors (Lipinski definition) is 9. The Morgan fingerprint density at radius 1 is 0.723 bits per heavy atom. The Kier molecular flexibility index (Phi) is 29.9. The van der Waals surface area contributed by atoms with Crippen LogP contribution in [0.15, 0.2) is 48.5 Å². The predicted octanol–water partition coefficient (Wildman–Crippen LogP) is 10.2. The van der Waals surface area contributed by atoms with Gasteiger partial charge in [-0.3, -0.25) is 15.2 Å². The molecule has 2 aromatic rings. The smallest absolute Gasteiger partial charge is 0.439 e. The maximum atomic E-state index is 12.5. The highest BCUT2D eigenvalue weighted by atomic mass is 127. The summed E-state index contributed by atoms with van der Waals surface area (Å²) in [5, 5.41) is 1.03. The molecule has 0 unspecified atom stereocenters. The van der Waals surface area contributed by atoms with Crippen LogP contribution in [0.5, 0.6) is 0 Å². The third kappa shape index (κ3) is 22.9. The van der Waals surface area contributed by atoms with Gasteiger partial charge >= 0.3 is 18.0 Å². The molecule has 0 aromatic heterocycles. The van der Waals surface area contributed by atoms with Gasteiger partial charge in [0.15, 0.2) is 0 Å². The molecule has 10 nitrogen and oxygen atoms in total. The van der Waals surface area contributed by atoms with Crippen molar-refractivity contribution in [2.24, 2.45) is 0 Å². The number of carbonyl (C=O) groups excluding carboxylic acids is 3. The number of hydroxylamine groups is 1. The van der Waals surface area contributed by atoms with Crippen molar-refractivity contribution in [1.29, 1.82) is 0 Å². The van der Waals surface area contributed by atoms with Crippen LogP contribution in [-0.4, -0.2) is 58.9 Å². The van der Waals surface area contributed by atoms with E-state index in [9.17, 15) is 14.4 Å². The van der Waals surface area contributed by atoms with Crippen LogP contribution in [0.2, 0.25) is 0 Å². The number of benzene rings is 2. The topological polar surface area (TPSA) is 113 Å². The minimum atomic E-state index is -0.678. The second kappa shape index (κ2) is 29.9. The quantitative estimate of drug-likeness (QED) is 0.0495. The monoisotopic (exact) mass is 886 g/mol. The Balaban J connectivity index is 0. The zero-order valence-corrected chi connectivity index (χ0v) is 34.0. The number of rotatable bonds is 14. The average Bonchev–Trinajstić information content (AvgIpc) is 3.02. The van der Waals surface area contributed by atoms with E-state index in [2.05, 4.69) is 71.4 Å². The number of esters is 2. The fourth-order valence-electron chi connectivity index (χ4n) is 3.16. The van der Waals surface area contributed by atoms with Crippen molar-refractivity contribution in [3.8, 4) is 0 Å². The van der Waals surface area contributed by atoms with Crippen molar-refractivity contribution in [2.75, 3.05) is 45.8 Å². The number of alkyl halides is 2. The number of ether oxygens (including phenoxy) is 3. The molecular weight excluding hydrogens is 830 g/mol. The largest absolute Gasteiger partial charge is 0.462 e. The summed E-state index contributed by atoms with van der Waals surface area (Å²) in [4.78, 5) is 47.2. The molecule has 0 saturated carbocycles. The predicted molar refractivity (Wildman–Crippen MR) is 208 cm³/mol. The average molecular weight is 887 g/mol. The Morgan fingerprint density at radius 3 is 1.70 bits per heavy atom. The van der Waals surface area contributed by atoms with Crippen LogP contribution < -0.4 is 10.5 Å². The van der Waals surface area contributed by atoms with Crippen LogP contribution >= 0.6 is 45.2 Å². The molecule has 0 fully saturated rings. The van der Waals surface area contributed by atoms with Gasteiger partial charge in [0.1, 0.15) is 5.60 Å². The van der Waals surface area contributed by atoms with Crippen LogP contribution in [0, 0.1) is 0 Å². The minimum absolute atomic E-state index is 0.246. The Bertz CT molecular complexity index is 1110. The molecule has 0 saturated heterocycles. The number of carbonyl (C=O) groups is 3. The molecule has 1 N–H and O–H groups in total. The second-order valence-electron chi connectivity index (χ2n) is 10.3. The summed E-state index contributed by atoms with van der Waals surface area (Å²) in [6, 6.07) is 13.8. The Labute approximate surface area is 310 Å². The summed E-state index contributed by atoms with van der Waals surface area (Å²) in [5.74, 6) is -0.851. The first-order valence-corrected chi connectivity index (χ1v) is 19.2. The van der Waals surface area contributed by atoms with Crippen molar-refractivity contribution >= 4 is 74.6 Å². The van der Waals surface area contributed by atoms with Crippen LogP contribution in [0.1, 0.15) is 109 Å². The maximum absolute atomic E-state index is 12.5. The summed E-state index contributed by atoms with van der Waals surface area (Å²) >= 11 is 4.58. The number of unbranched alkanes of at least 4 members (excludes halogenated alkanes) is 2. The van der Waals surface area contributed by atoms with E-state index in [1.54, 1.807) is 77.1 Å². The number of amides is 1. The van der Waals surface area contributed by atoms with Crippen LogP contribution in [0.3, 0.4) is 0 Å². The molecule has 2 aromatic carbocycles. The third-order valence-corrected chi connectivity index (χ3v) is 5.10. The fourth-order valence-corrected chi connectivity index (χ4v) is 3.16. The van der Waals surface area contributed by atoms with Gasteiger partial charge in [0.05, 0.1) is 48.9 Å². The van der Waals surface area contributed by atoms with Crippen LogP contribution in [0.4, 0.5) is 16.2 Å². The highest BCUT2D eigenvalue weighted by Crippen LogP contribution is 2.24. The van der Waals surface area contributed by atoms with Gasteiger partial charge in [-0.15, -0.1) is 0 Å². The molecule has 0 radical (unpaired) electrons. The number of nitrogens with one attached hydrogen (secondary N) is 1. The van der Waals surface area contributed by atoms with E-state index in [0.29, 0.717) is 36.8 Å². The van der Waals surface area contributed by atoms with Crippen molar-refractivity contribution in [3.63, 3.8) is 0 Å².